The zero-order chi connectivity index (χ0) is 12.4. The number of benzene rings is 2. The molecule has 0 spiro atoms. The van der Waals surface area contributed by atoms with E-state index in [1.165, 1.54) is 22.0 Å². The summed E-state index contributed by atoms with van der Waals surface area (Å²) < 4.78 is 0. The molecule has 1 N–H and O–H groups in total. The molecule has 0 aliphatic heterocycles. The lowest BCUT2D eigenvalue weighted by atomic mass is 9.97. The Morgan fingerprint density at radius 3 is 2.29 bits per heavy atom. The van der Waals surface area contributed by atoms with E-state index in [-0.39, 0.29) is 0 Å². The van der Waals surface area contributed by atoms with Crippen LogP contribution >= 0.6 is 0 Å². The molecule has 17 heavy (non-hydrogen) atoms. The van der Waals surface area contributed by atoms with E-state index >= 15 is 0 Å². The second-order valence-electron chi connectivity index (χ2n) is 5.24. The fourth-order valence-electron chi connectivity index (χ4n) is 2.10. The minimum atomic E-state index is 0.459. The highest BCUT2D eigenvalue weighted by Gasteiger charge is 2.07. The Kier molecular flexibility index (Phi) is 3.37. The highest BCUT2D eigenvalue weighted by molar-refractivity contribution is 5.94. The van der Waals surface area contributed by atoms with E-state index in [0.717, 1.165) is 0 Å². The van der Waals surface area contributed by atoms with Gasteiger partial charge in [0.1, 0.15) is 0 Å². The fraction of sp³-hybridized carbons (Fsp3) is 0.375. The molecule has 0 saturated heterocycles. The lowest BCUT2D eigenvalue weighted by Gasteiger charge is -2.16. The molecule has 0 amide bonds. The van der Waals surface area contributed by atoms with Crippen LogP contribution in [0.5, 0.6) is 0 Å². The van der Waals surface area contributed by atoms with Gasteiger partial charge >= 0.3 is 0 Å². The Morgan fingerprint density at radius 2 is 1.65 bits per heavy atom. The van der Waals surface area contributed by atoms with Gasteiger partial charge in [-0.3, -0.25) is 0 Å². The van der Waals surface area contributed by atoms with Gasteiger partial charge in [0, 0.05) is 17.1 Å². The number of fused-ring (bicyclic) bond motifs is 1. The number of hydrogen-bond donors (Lipinski definition) is 1. The fourth-order valence-corrected chi connectivity index (χ4v) is 2.10. The van der Waals surface area contributed by atoms with E-state index in [9.17, 15) is 0 Å². The first-order valence-corrected chi connectivity index (χ1v) is 6.37. The van der Waals surface area contributed by atoms with Crippen molar-refractivity contribution in [2.75, 3.05) is 5.32 Å². The molecule has 2 rings (SSSR count). The van der Waals surface area contributed by atoms with Gasteiger partial charge in [-0.15, -0.1) is 0 Å². The van der Waals surface area contributed by atoms with Crippen molar-refractivity contribution in [2.24, 2.45) is 0 Å². The Labute approximate surface area is 104 Å². The molecule has 0 aliphatic rings. The van der Waals surface area contributed by atoms with Gasteiger partial charge in [-0.05, 0) is 36.8 Å². The lowest BCUT2D eigenvalue weighted by molar-refractivity contribution is 0.864. The van der Waals surface area contributed by atoms with Crippen molar-refractivity contribution in [3.8, 4) is 0 Å². The predicted octanol–water partition coefficient (Wildman–Crippen LogP) is 4.78. The minimum Gasteiger partial charge on any atom is -0.382 e. The first-order valence-electron chi connectivity index (χ1n) is 6.37. The lowest BCUT2D eigenvalue weighted by Crippen LogP contribution is -2.10. The SMILES string of the molecule is CC(C)Nc1cc(C(C)C)cc2ccccc12. The van der Waals surface area contributed by atoms with E-state index in [4.69, 9.17) is 0 Å². The van der Waals surface area contributed by atoms with E-state index in [0.29, 0.717) is 12.0 Å². The minimum absolute atomic E-state index is 0.459. The largest absolute Gasteiger partial charge is 0.382 e. The molecule has 2 aromatic carbocycles. The summed E-state index contributed by atoms with van der Waals surface area (Å²) in [6.07, 6.45) is 0. The molecule has 90 valence electrons. The zero-order valence-corrected chi connectivity index (χ0v) is 11.1. The molecular formula is C16H21N. The normalized spacial score (nSPS) is 11.4. The molecule has 0 heterocycles. The van der Waals surface area contributed by atoms with E-state index in [1.54, 1.807) is 0 Å². The summed E-state index contributed by atoms with van der Waals surface area (Å²) in [5.74, 6) is 0.562. The molecule has 0 saturated carbocycles. The van der Waals surface area contributed by atoms with Gasteiger partial charge in [0.05, 0.1) is 0 Å². The molecule has 0 aromatic heterocycles. The molecule has 0 atom stereocenters. The zero-order valence-electron chi connectivity index (χ0n) is 11.1. The maximum absolute atomic E-state index is 3.54. The third-order valence-corrected chi connectivity index (χ3v) is 2.99. The molecule has 1 heteroatoms. The van der Waals surface area contributed by atoms with Crippen molar-refractivity contribution in [3.05, 3.63) is 42.0 Å². The summed E-state index contributed by atoms with van der Waals surface area (Å²) in [4.78, 5) is 0. The van der Waals surface area contributed by atoms with Crippen LogP contribution in [0, 0.1) is 0 Å². The number of anilines is 1. The molecule has 0 unspecified atom stereocenters. The number of hydrogen-bond acceptors (Lipinski definition) is 1. The summed E-state index contributed by atoms with van der Waals surface area (Å²) in [6.45, 7) is 8.83. The highest BCUT2D eigenvalue weighted by atomic mass is 14.9. The van der Waals surface area contributed by atoms with Crippen molar-refractivity contribution < 1.29 is 0 Å². The van der Waals surface area contributed by atoms with Crippen LogP contribution in [0.2, 0.25) is 0 Å². The molecule has 0 aliphatic carbocycles. The van der Waals surface area contributed by atoms with Crippen LogP contribution in [-0.4, -0.2) is 6.04 Å². The second-order valence-corrected chi connectivity index (χ2v) is 5.24. The average Bonchev–Trinajstić information content (AvgIpc) is 2.28. The van der Waals surface area contributed by atoms with Gasteiger partial charge < -0.3 is 5.32 Å². The van der Waals surface area contributed by atoms with Crippen molar-refractivity contribution in [2.45, 2.75) is 39.7 Å². The van der Waals surface area contributed by atoms with Crippen molar-refractivity contribution >= 4 is 16.5 Å². The summed E-state index contributed by atoms with van der Waals surface area (Å²) >= 11 is 0. The molecule has 0 bridgehead atoms. The van der Waals surface area contributed by atoms with E-state index in [2.05, 4.69) is 69.4 Å². The summed E-state index contributed by atoms with van der Waals surface area (Å²) in [5.41, 5.74) is 2.65. The monoisotopic (exact) mass is 227 g/mol. The van der Waals surface area contributed by atoms with Crippen molar-refractivity contribution in [3.63, 3.8) is 0 Å². The van der Waals surface area contributed by atoms with Gasteiger partial charge in [0.15, 0.2) is 0 Å². The Balaban J connectivity index is 2.60. The van der Waals surface area contributed by atoms with Gasteiger partial charge in [-0.2, -0.15) is 0 Å². The summed E-state index contributed by atoms with van der Waals surface area (Å²) in [7, 11) is 0. The van der Waals surface area contributed by atoms with Crippen LogP contribution in [-0.2, 0) is 0 Å². The van der Waals surface area contributed by atoms with Gasteiger partial charge in [-0.25, -0.2) is 0 Å². The maximum atomic E-state index is 3.54. The standard InChI is InChI=1S/C16H21N/c1-11(2)14-9-13-7-5-6-8-15(13)16(10-14)17-12(3)4/h5-12,17H,1-4H3. The van der Waals surface area contributed by atoms with Crippen molar-refractivity contribution in [1.82, 2.24) is 0 Å². The van der Waals surface area contributed by atoms with Gasteiger partial charge in [-0.1, -0.05) is 44.2 Å². The molecular weight excluding hydrogens is 206 g/mol. The van der Waals surface area contributed by atoms with Crippen LogP contribution in [0.1, 0.15) is 39.2 Å². The molecule has 2 aromatic rings. The predicted molar refractivity (Wildman–Crippen MR) is 76.8 cm³/mol. The van der Waals surface area contributed by atoms with Crippen LogP contribution in [0.25, 0.3) is 10.8 Å². The summed E-state index contributed by atoms with van der Waals surface area (Å²) in [6, 6.07) is 13.6. The quantitative estimate of drug-likeness (QED) is 0.795. The van der Waals surface area contributed by atoms with Gasteiger partial charge in [0.2, 0.25) is 0 Å². The van der Waals surface area contributed by atoms with Crippen LogP contribution < -0.4 is 5.32 Å². The third-order valence-electron chi connectivity index (χ3n) is 2.99. The second kappa shape index (κ2) is 4.79. The number of rotatable bonds is 3. The Bertz CT molecular complexity index is 512. The maximum Gasteiger partial charge on any atom is 0.0424 e. The smallest absolute Gasteiger partial charge is 0.0424 e. The first-order chi connectivity index (χ1) is 8.08. The van der Waals surface area contributed by atoms with Crippen LogP contribution in [0.15, 0.2) is 36.4 Å². The van der Waals surface area contributed by atoms with Gasteiger partial charge in [0.25, 0.3) is 0 Å². The van der Waals surface area contributed by atoms with Crippen molar-refractivity contribution in [1.29, 1.82) is 0 Å². The molecule has 1 nitrogen and oxygen atoms in total. The topological polar surface area (TPSA) is 12.0 Å². The third kappa shape index (κ3) is 2.60. The Hall–Kier alpha value is -1.50. The highest BCUT2D eigenvalue weighted by Crippen LogP contribution is 2.29. The van der Waals surface area contributed by atoms with Crippen LogP contribution in [0.3, 0.4) is 0 Å². The van der Waals surface area contributed by atoms with Crippen LogP contribution in [0.4, 0.5) is 5.69 Å². The Morgan fingerprint density at radius 1 is 0.941 bits per heavy atom. The molecule has 0 fully saturated rings. The first kappa shape index (κ1) is 12.0. The summed E-state index contributed by atoms with van der Waals surface area (Å²) in [5, 5.41) is 6.17. The average molecular weight is 227 g/mol. The van der Waals surface area contributed by atoms with E-state index in [1.807, 2.05) is 0 Å². The van der Waals surface area contributed by atoms with E-state index < -0.39 is 0 Å². The molecule has 0 radical (unpaired) electrons. The number of nitrogens with one attached hydrogen (secondary N) is 1.